The number of hydrogen-bond donors (Lipinski definition) is 1. The van der Waals surface area contributed by atoms with Gasteiger partial charge in [-0.25, -0.2) is 4.68 Å². The average Bonchev–Trinajstić information content (AvgIpc) is 2.75. The van der Waals surface area contributed by atoms with Crippen LogP contribution in [0, 0.1) is 15.5 Å². The maximum atomic E-state index is 11.5. The van der Waals surface area contributed by atoms with E-state index in [0.29, 0.717) is 31.0 Å². The van der Waals surface area contributed by atoms with Crippen molar-refractivity contribution < 1.29 is 4.92 Å². The van der Waals surface area contributed by atoms with Crippen LogP contribution in [0.4, 0.5) is 11.5 Å². The number of hydrogen-bond acceptors (Lipinski definition) is 5. The normalized spacial score (nSPS) is 11.7. The first-order valence-corrected chi connectivity index (χ1v) is 7.42. The van der Waals surface area contributed by atoms with Crippen LogP contribution in [-0.4, -0.2) is 34.3 Å². The van der Waals surface area contributed by atoms with Gasteiger partial charge < -0.3 is 10.6 Å². The molecule has 0 bridgehead atoms. The lowest BCUT2D eigenvalue weighted by Crippen LogP contribution is -2.40. The van der Waals surface area contributed by atoms with E-state index in [0.717, 1.165) is 13.0 Å². The highest BCUT2D eigenvalue weighted by atomic mass is 16.6. The number of aryl methyl sites for hydroxylation is 2. The van der Waals surface area contributed by atoms with Gasteiger partial charge in [-0.3, -0.25) is 10.1 Å². The Bertz CT molecular complexity index is 496. The molecular formula is C14H27N5O2. The van der Waals surface area contributed by atoms with Crippen molar-refractivity contribution in [3.8, 4) is 0 Å². The second-order valence-corrected chi connectivity index (χ2v) is 6.14. The Hall–Kier alpha value is -1.63. The Morgan fingerprint density at radius 1 is 1.43 bits per heavy atom. The predicted octanol–water partition coefficient (Wildman–Crippen LogP) is 2.09. The number of rotatable bonds is 8. The first-order valence-electron chi connectivity index (χ1n) is 7.42. The lowest BCUT2D eigenvalue weighted by Gasteiger charge is -2.32. The van der Waals surface area contributed by atoms with Crippen molar-refractivity contribution in [3.05, 3.63) is 15.8 Å². The summed E-state index contributed by atoms with van der Waals surface area (Å²) in [5.41, 5.74) is 6.36. The SMILES string of the molecule is CCCN(CC(C)(C)CN)c1c([N+](=O)[O-])c(CC)nn1C. The Balaban J connectivity index is 3.31. The van der Waals surface area contributed by atoms with Gasteiger partial charge in [0.15, 0.2) is 0 Å². The molecule has 7 heteroatoms. The van der Waals surface area contributed by atoms with Crippen LogP contribution >= 0.6 is 0 Å². The topological polar surface area (TPSA) is 90.2 Å². The van der Waals surface area contributed by atoms with Crippen LogP contribution in [0.3, 0.4) is 0 Å². The fraction of sp³-hybridized carbons (Fsp3) is 0.786. The van der Waals surface area contributed by atoms with E-state index in [1.54, 1.807) is 11.7 Å². The largest absolute Gasteiger partial charge is 0.351 e. The quantitative estimate of drug-likeness (QED) is 0.586. The predicted molar refractivity (Wildman–Crippen MR) is 84.6 cm³/mol. The lowest BCUT2D eigenvalue weighted by atomic mass is 9.93. The van der Waals surface area contributed by atoms with Crippen LogP contribution in [0.1, 0.15) is 39.8 Å². The van der Waals surface area contributed by atoms with Gasteiger partial charge in [-0.1, -0.05) is 27.7 Å². The molecule has 1 heterocycles. The fourth-order valence-electron chi connectivity index (χ4n) is 2.45. The average molecular weight is 297 g/mol. The van der Waals surface area contributed by atoms with Crippen LogP contribution in [0.25, 0.3) is 0 Å². The van der Waals surface area contributed by atoms with E-state index in [4.69, 9.17) is 5.73 Å². The molecule has 0 spiro atoms. The summed E-state index contributed by atoms with van der Waals surface area (Å²) in [4.78, 5) is 13.2. The molecule has 0 amide bonds. The van der Waals surface area contributed by atoms with Gasteiger partial charge in [-0.2, -0.15) is 5.10 Å². The van der Waals surface area contributed by atoms with Crippen LogP contribution in [0.2, 0.25) is 0 Å². The van der Waals surface area contributed by atoms with Crippen molar-refractivity contribution in [2.45, 2.75) is 40.5 Å². The maximum absolute atomic E-state index is 11.5. The summed E-state index contributed by atoms with van der Waals surface area (Å²) in [6, 6.07) is 0. The third-order valence-corrected chi connectivity index (χ3v) is 3.54. The minimum Gasteiger partial charge on any atom is -0.351 e. The molecule has 1 aromatic heterocycles. The zero-order valence-electron chi connectivity index (χ0n) is 13.7. The van der Waals surface area contributed by atoms with Crippen molar-refractivity contribution in [2.75, 3.05) is 24.5 Å². The van der Waals surface area contributed by atoms with E-state index >= 15 is 0 Å². The van der Waals surface area contributed by atoms with E-state index in [9.17, 15) is 10.1 Å². The Kier molecular flexibility index (Phi) is 5.71. The van der Waals surface area contributed by atoms with Gasteiger partial charge in [-0.15, -0.1) is 0 Å². The zero-order valence-corrected chi connectivity index (χ0v) is 13.7. The van der Waals surface area contributed by atoms with Gasteiger partial charge >= 0.3 is 5.69 Å². The molecule has 1 rings (SSSR count). The van der Waals surface area contributed by atoms with Crippen molar-refractivity contribution in [1.82, 2.24) is 9.78 Å². The third-order valence-electron chi connectivity index (χ3n) is 3.54. The molecule has 120 valence electrons. The Morgan fingerprint density at radius 3 is 2.48 bits per heavy atom. The van der Waals surface area contributed by atoms with Crippen LogP contribution < -0.4 is 10.6 Å². The van der Waals surface area contributed by atoms with Gasteiger partial charge in [0.25, 0.3) is 0 Å². The van der Waals surface area contributed by atoms with E-state index in [1.165, 1.54) is 0 Å². The third kappa shape index (κ3) is 3.93. The zero-order chi connectivity index (χ0) is 16.2. The molecule has 0 aromatic carbocycles. The maximum Gasteiger partial charge on any atom is 0.334 e. The van der Waals surface area contributed by atoms with Crippen LogP contribution in [0.15, 0.2) is 0 Å². The molecule has 0 aliphatic rings. The molecule has 0 saturated carbocycles. The summed E-state index contributed by atoms with van der Waals surface area (Å²) in [6.07, 6.45) is 1.45. The summed E-state index contributed by atoms with van der Waals surface area (Å²) >= 11 is 0. The standard InChI is InChI=1S/C14H27N5O2/c1-6-8-18(10-14(3,4)9-15)13-12(19(20)21)11(7-2)16-17(13)5/h6-10,15H2,1-5H3. The molecule has 1 aromatic rings. The van der Waals surface area contributed by atoms with Gasteiger partial charge in [0.05, 0.1) is 4.92 Å². The van der Waals surface area contributed by atoms with Crippen molar-refractivity contribution in [3.63, 3.8) is 0 Å². The van der Waals surface area contributed by atoms with E-state index in [-0.39, 0.29) is 16.0 Å². The highest BCUT2D eigenvalue weighted by Crippen LogP contribution is 2.33. The van der Waals surface area contributed by atoms with Gasteiger partial charge in [0.1, 0.15) is 5.69 Å². The second-order valence-electron chi connectivity index (χ2n) is 6.14. The molecule has 0 radical (unpaired) electrons. The van der Waals surface area contributed by atoms with Crippen molar-refractivity contribution in [1.29, 1.82) is 0 Å². The number of nitrogens with zero attached hydrogens (tertiary/aromatic N) is 4. The van der Waals surface area contributed by atoms with Crippen molar-refractivity contribution in [2.24, 2.45) is 18.2 Å². The summed E-state index contributed by atoms with van der Waals surface area (Å²) in [7, 11) is 1.76. The second kappa shape index (κ2) is 6.89. The summed E-state index contributed by atoms with van der Waals surface area (Å²) < 4.78 is 1.62. The van der Waals surface area contributed by atoms with Crippen LogP contribution in [0.5, 0.6) is 0 Å². The summed E-state index contributed by atoms with van der Waals surface area (Å²) in [6.45, 7) is 10.0. The first-order chi connectivity index (χ1) is 9.77. The Morgan fingerprint density at radius 2 is 2.05 bits per heavy atom. The number of anilines is 1. The highest BCUT2D eigenvalue weighted by molar-refractivity contribution is 5.61. The molecule has 2 N–H and O–H groups in total. The molecule has 0 saturated heterocycles. The fourth-order valence-corrected chi connectivity index (χ4v) is 2.45. The number of nitro groups is 1. The first kappa shape index (κ1) is 17.4. The van der Waals surface area contributed by atoms with Gasteiger partial charge in [-0.05, 0) is 24.8 Å². The molecular weight excluding hydrogens is 270 g/mol. The van der Waals surface area contributed by atoms with E-state index in [1.807, 2.05) is 11.8 Å². The molecule has 0 fully saturated rings. The molecule has 0 aliphatic carbocycles. The summed E-state index contributed by atoms with van der Waals surface area (Å²) in [5.74, 6) is 0.584. The smallest absolute Gasteiger partial charge is 0.334 e. The molecule has 0 unspecified atom stereocenters. The van der Waals surface area contributed by atoms with Gasteiger partial charge in [0.2, 0.25) is 5.82 Å². The molecule has 0 atom stereocenters. The molecule has 7 nitrogen and oxygen atoms in total. The highest BCUT2D eigenvalue weighted by Gasteiger charge is 2.31. The van der Waals surface area contributed by atoms with Gasteiger partial charge in [0, 0.05) is 20.1 Å². The molecule has 21 heavy (non-hydrogen) atoms. The number of aromatic nitrogens is 2. The minimum atomic E-state index is -0.320. The Labute approximate surface area is 126 Å². The lowest BCUT2D eigenvalue weighted by molar-refractivity contribution is -0.384. The van der Waals surface area contributed by atoms with Crippen molar-refractivity contribution >= 4 is 11.5 Å². The molecule has 0 aliphatic heterocycles. The summed E-state index contributed by atoms with van der Waals surface area (Å²) in [5, 5.41) is 15.8. The van der Waals surface area contributed by atoms with E-state index in [2.05, 4.69) is 25.9 Å². The van der Waals surface area contributed by atoms with Crippen LogP contribution in [-0.2, 0) is 13.5 Å². The minimum absolute atomic E-state index is 0.111. The monoisotopic (exact) mass is 297 g/mol. The number of nitrogens with two attached hydrogens (primary N) is 1. The van der Waals surface area contributed by atoms with E-state index < -0.39 is 0 Å².